The predicted octanol–water partition coefficient (Wildman–Crippen LogP) is 2.54. The molecule has 0 aliphatic carbocycles. The van der Waals surface area contributed by atoms with Crippen LogP contribution in [0.25, 0.3) is 0 Å². The van der Waals surface area contributed by atoms with E-state index in [1.165, 1.54) is 4.31 Å². The van der Waals surface area contributed by atoms with Crippen molar-refractivity contribution in [1.29, 1.82) is 0 Å². The lowest BCUT2D eigenvalue weighted by atomic mass is 10.2. The number of ether oxygens (including phenoxy) is 1. The molecule has 0 amide bonds. The minimum absolute atomic E-state index is 0.0663. The van der Waals surface area contributed by atoms with Crippen molar-refractivity contribution >= 4 is 10.0 Å². The zero-order chi connectivity index (χ0) is 16.9. The third-order valence-corrected chi connectivity index (χ3v) is 5.12. The number of rotatable bonds is 7. The summed E-state index contributed by atoms with van der Waals surface area (Å²) in [6.07, 6.45) is 0. The molecule has 6 heteroatoms. The Kier molecular flexibility index (Phi) is 5.74. The smallest absolute Gasteiger partial charge is 0.217 e. The van der Waals surface area contributed by atoms with Crippen LogP contribution in [0.15, 0.2) is 42.5 Å². The number of hydrogen-bond acceptors (Lipinski definition) is 4. The summed E-state index contributed by atoms with van der Waals surface area (Å²) in [7, 11) is -1.82. The molecule has 0 radical (unpaired) electrons. The van der Waals surface area contributed by atoms with Crippen LogP contribution >= 0.6 is 0 Å². The number of para-hydroxylation sites is 1. The van der Waals surface area contributed by atoms with Gasteiger partial charge in [0.2, 0.25) is 10.0 Å². The zero-order valence-corrected chi connectivity index (χ0v) is 14.5. The Labute approximate surface area is 138 Å². The predicted molar refractivity (Wildman–Crippen MR) is 90.9 cm³/mol. The standard InChI is InChI=1S/C17H22N2O3S/c1-14-11-15(2)18-16(12-14)13-19(3)23(20,21)10-9-22-17-7-5-4-6-8-17/h4-8,11-12H,9-10,13H2,1-3H3. The molecule has 23 heavy (non-hydrogen) atoms. The summed E-state index contributed by atoms with van der Waals surface area (Å²) in [5, 5.41) is 0. The Morgan fingerprint density at radius 3 is 2.48 bits per heavy atom. The van der Waals surface area contributed by atoms with Crippen LogP contribution in [0.3, 0.4) is 0 Å². The van der Waals surface area contributed by atoms with E-state index >= 15 is 0 Å². The number of nitrogens with zero attached hydrogens (tertiary/aromatic N) is 2. The maximum atomic E-state index is 12.3. The van der Waals surface area contributed by atoms with Gasteiger partial charge in [0.25, 0.3) is 0 Å². The topological polar surface area (TPSA) is 59.5 Å². The molecule has 0 aliphatic rings. The average molecular weight is 334 g/mol. The Hall–Kier alpha value is -1.92. The van der Waals surface area contributed by atoms with Crippen molar-refractivity contribution in [3.05, 3.63) is 59.4 Å². The van der Waals surface area contributed by atoms with Crippen molar-refractivity contribution in [2.75, 3.05) is 19.4 Å². The summed E-state index contributed by atoms with van der Waals surface area (Å²) in [4.78, 5) is 4.38. The van der Waals surface area contributed by atoms with E-state index in [4.69, 9.17) is 4.74 Å². The van der Waals surface area contributed by atoms with Crippen LogP contribution < -0.4 is 4.74 Å². The van der Waals surface area contributed by atoms with E-state index < -0.39 is 10.0 Å². The van der Waals surface area contributed by atoms with E-state index in [1.807, 2.05) is 44.2 Å². The van der Waals surface area contributed by atoms with Crippen molar-refractivity contribution in [1.82, 2.24) is 9.29 Å². The van der Waals surface area contributed by atoms with Crippen LogP contribution in [0.1, 0.15) is 17.0 Å². The summed E-state index contributed by atoms with van der Waals surface area (Å²) in [6, 6.07) is 13.0. The van der Waals surface area contributed by atoms with E-state index in [0.29, 0.717) is 5.75 Å². The normalized spacial score (nSPS) is 11.7. The highest BCUT2D eigenvalue weighted by Crippen LogP contribution is 2.11. The molecule has 1 aromatic carbocycles. The molecular formula is C17H22N2O3S. The number of pyridine rings is 1. The van der Waals surface area contributed by atoms with E-state index in [9.17, 15) is 8.42 Å². The molecule has 2 aromatic rings. The highest BCUT2D eigenvalue weighted by Gasteiger charge is 2.19. The van der Waals surface area contributed by atoms with Crippen LogP contribution in [0.2, 0.25) is 0 Å². The van der Waals surface area contributed by atoms with E-state index in [0.717, 1.165) is 17.0 Å². The van der Waals surface area contributed by atoms with Crippen LogP contribution in [0, 0.1) is 13.8 Å². The summed E-state index contributed by atoms with van der Waals surface area (Å²) < 4.78 is 31.4. The average Bonchev–Trinajstić information content (AvgIpc) is 2.47. The number of aryl methyl sites for hydroxylation is 2. The zero-order valence-electron chi connectivity index (χ0n) is 13.7. The first-order valence-electron chi connectivity index (χ1n) is 7.43. The Morgan fingerprint density at radius 2 is 1.83 bits per heavy atom. The molecule has 0 bridgehead atoms. The highest BCUT2D eigenvalue weighted by atomic mass is 32.2. The van der Waals surface area contributed by atoms with Gasteiger partial charge in [0.15, 0.2) is 0 Å². The van der Waals surface area contributed by atoms with E-state index in [1.54, 1.807) is 19.2 Å². The lowest BCUT2D eigenvalue weighted by Crippen LogP contribution is -2.31. The lowest BCUT2D eigenvalue weighted by molar-refractivity contribution is 0.336. The minimum atomic E-state index is -3.39. The number of sulfonamides is 1. The van der Waals surface area contributed by atoms with Crippen LogP contribution in [-0.2, 0) is 16.6 Å². The maximum absolute atomic E-state index is 12.3. The van der Waals surface area contributed by atoms with Crippen LogP contribution in [0.4, 0.5) is 0 Å². The largest absolute Gasteiger partial charge is 0.492 e. The molecule has 1 heterocycles. The van der Waals surface area contributed by atoms with Gasteiger partial charge in [-0.05, 0) is 43.7 Å². The number of aromatic nitrogens is 1. The number of benzene rings is 1. The lowest BCUT2D eigenvalue weighted by Gasteiger charge is -2.17. The third-order valence-electron chi connectivity index (χ3n) is 3.36. The minimum Gasteiger partial charge on any atom is -0.492 e. The fraction of sp³-hybridized carbons (Fsp3) is 0.353. The van der Waals surface area contributed by atoms with Crippen LogP contribution in [0.5, 0.6) is 5.75 Å². The van der Waals surface area contributed by atoms with Gasteiger partial charge in [-0.2, -0.15) is 4.31 Å². The Balaban J connectivity index is 1.93. The molecule has 0 atom stereocenters. The van der Waals surface area contributed by atoms with Gasteiger partial charge >= 0.3 is 0 Å². The Morgan fingerprint density at radius 1 is 1.13 bits per heavy atom. The number of hydrogen-bond donors (Lipinski definition) is 0. The van der Waals surface area contributed by atoms with Gasteiger partial charge in [0.1, 0.15) is 12.4 Å². The van der Waals surface area contributed by atoms with Gasteiger partial charge in [-0.3, -0.25) is 4.98 Å². The molecule has 0 saturated heterocycles. The fourth-order valence-corrected chi connectivity index (χ4v) is 3.20. The van der Waals surface area contributed by atoms with Gasteiger partial charge in [0, 0.05) is 12.7 Å². The second-order valence-corrected chi connectivity index (χ2v) is 7.71. The van der Waals surface area contributed by atoms with Crippen molar-refractivity contribution in [2.24, 2.45) is 0 Å². The van der Waals surface area contributed by atoms with E-state index in [2.05, 4.69) is 4.98 Å². The van der Waals surface area contributed by atoms with E-state index in [-0.39, 0.29) is 18.9 Å². The quantitative estimate of drug-likeness (QED) is 0.781. The first-order valence-corrected chi connectivity index (χ1v) is 9.04. The summed E-state index contributed by atoms with van der Waals surface area (Å²) in [5.74, 6) is 0.602. The fourth-order valence-electron chi connectivity index (χ4n) is 2.27. The molecule has 0 unspecified atom stereocenters. The molecule has 0 aliphatic heterocycles. The molecule has 2 rings (SSSR count). The molecule has 0 spiro atoms. The molecule has 0 saturated carbocycles. The van der Waals surface area contributed by atoms with Gasteiger partial charge < -0.3 is 4.74 Å². The van der Waals surface area contributed by atoms with Crippen molar-refractivity contribution in [3.8, 4) is 5.75 Å². The monoisotopic (exact) mass is 334 g/mol. The van der Waals surface area contributed by atoms with Gasteiger partial charge in [-0.25, -0.2) is 8.42 Å². The first-order chi connectivity index (χ1) is 10.9. The SMILES string of the molecule is Cc1cc(C)nc(CN(C)S(=O)(=O)CCOc2ccccc2)c1. The summed E-state index contributed by atoms with van der Waals surface area (Å²) >= 11 is 0. The van der Waals surface area contributed by atoms with Gasteiger partial charge in [0.05, 0.1) is 18.0 Å². The molecule has 124 valence electrons. The first kappa shape index (κ1) is 17.4. The second kappa shape index (κ2) is 7.57. The van der Waals surface area contributed by atoms with Gasteiger partial charge in [-0.15, -0.1) is 0 Å². The molecule has 5 nitrogen and oxygen atoms in total. The van der Waals surface area contributed by atoms with Crippen molar-refractivity contribution < 1.29 is 13.2 Å². The molecular weight excluding hydrogens is 312 g/mol. The third kappa shape index (κ3) is 5.33. The molecule has 0 N–H and O–H groups in total. The second-order valence-electron chi connectivity index (χ2n) is 5.51. The maximum Gasteiger partial charge on any atom is 0.217 e. The van der Waals surface area contributed by atoms with Crippen LogP contribution in [-0.4, -0.2) is 37.1 Å². The molecule has 0 fully saturated rings. The van der Waals surface area contributed by atoms with Crippen molar-refractivity contribution in [2.45, 2.75) is 20.4 Å². The summed E-state index contributed by atoms with van der Waals surface area (Å²) in [5.41, 5.74) is 2.71. The molecule has 1 aromatic heterocycles. The summed E-state index contributed by atoms with van der Waals surface area (Å²) in [6.45, 7) is 4.26. The highest BCUT2D eigenvalue weighted by molar-refractivity contribution is 7.89. The Bertz CT molecular complexity index is 725. The van der Waals surface area contributed by atoms with Gasteiger partial charge in [-0.1, -0.05) is 18.2 Å². The van der Waals surface area contributed by atoms with Crippen molar-refractivity contribution in [3.63, 3.8) is 0 Å².